The number of hydrogen-bond donors (Lipinski definition) is 0. The van der Waals surface area contributed by atoms with Gasteiger partial charge in [-0.15, -0.1) is 0 Å². The van der Waals surface area contributed by atoms with E-state index in [-0.39, 0.29) is 0 Å². The molecule has 0 aromatic rings. The lowest BCUT2D eigenvalue weighted by Crippen LogP contribution is -2.46. The Morgan fingerprint density at radius 2 is 1.29 bits per heavy atom. The summed E-state index contributed by atoms with van der Waals surface area (Å²) < 4.78 is 0. The highest BCUT2D eigenvalue weighted by molar-refractivity contribution is 5.09. The molecule has 0 N–H and O–H groups in total. The molecule has 3 aliphatic rings. The lowest BCUT2D eigenvalue weighted by molar-refractivity contribution is 0.0960. The largest absolute Gasteiger partial charge is 0.371 e. The molecular formula is C16H25N. The minimum atomic E-state index is 0.755. The van der Waals surface area contributed by atoms with Gasteiger partial charge in [0.05, 0.1) is 0 Å². The number of fused-ring (bicyclic) bond motifs is 2. The molecule has 0 aromatic heterocycles. The highest BCUT2D eigenvalue weighted by Gasteiger charge is 2.37. The molecule has 1 aliphatic heterocycles. The number of nitrogens with zero attached hydrogens (tertiary/aromatic N) is 1. The molecule has 1 heteroatoms. The molecule has 1 heterocycles. The molecule has 1 nitrogen and oxygen atoms in total. The van der Waals surface area contributed by atoms with Crippen molar-refractivity contribution in [3.05, 3.63) is 24.9 Å². The van der Waals surface area contributed by atoms with Crippen molar-refractivity contribution in [2.45, 2.75) is 63.5 Å². The molecule has 94 valence electrons. The van der Waals surface area contributed by atoms with E-state index in [1.54, 1.807) is 0 Å². The van der Waals surface area contributed by atoms with Crippen LogP contribution in [0, 0.1) is 11.8 Å². The van der Waals surface area contributed by atoms with E-state index in [2.05, 4.69) is 29.8 Å². The van der Waals surface area contributed by atoms with E-state index in [1.165, 1.54) is 51.4 Å². The van der Waals surface area contributed by atoms with E-state index in [9.17, 15) is 0 Å². The highest BCUT2D eigenvalue weighted by Crippen LogP contribution is 2.39. The molecule has 2 fully saturated rings. The van der Waals surface area contributed by atoms with Crippen molar-refractivity contribution in [2.24, 2.45) is 11.8 Å². The van der Waals surface area contributed by atoms with Gasteiger partial charge in [0.1, 0.15) is 0 Å². The van der Waals surface area contributed by atoms with Crippen molar-refractivity contribution in [1.82, 2.24) is 4.90 Å². The molecule has 4 atom stereocenters. The summed E-state index contributed by atoms with van der Waals surface area (Å²) in [4.78, 5) is 2.65. The lowest BCUT2D eigenvalue weighted by Gasteiger charge is -2.44. The maximum atomic E-state index is 4.11. The van der Waals surface area contributed by atoms with Crippen LogP contribution in [0.15, 0.2) is 24.9 Å². The SMILES string of the molecule is C=CN1C2CCCCC2C=CC2CCCCC21. The molecule has 0 saturated heterocycles. The van der Waals surface area contributed by atoms with Gasteiger partial charge in [0.25, 0.3) is 0 Å². The fourth-order valence-electron chi connectivity index (χ4n) is 4.27. The summed E-state index contributed by atoms with van der Waals surface area (Å²) in [6.45, 7) is 4.11. The fourth-order valence-corrected chi connectivity index (χ4v) is 4.27. The van der Waals surface area contributed by atoms with Crippen LogP contribution < -0.4 is 0 Å². The lowest BCUT2D eigenvalue weighted by atomic mass is 9.82. The Morgan fingerprint density at radius 1 is 0.824 bits per heavy atom. The van der Waals surface area contributed by atoms with Gasteiger partial charge in [-0.25, -0.2) is 0 Å². The maximum absolute atomic E-state index is 4.11. The summed E-state index contributed by atoms with van der Waals surface area (Å²) in [5.41, 5.74) is 0. The van der Waals surface area contributed by atoms with Crippen molar-refractivity contribution in [2.75, 3.05) is 0 Å². The van der Waals surface area contributed by atoms with E-state index >= 15 is 0 Å². The Balaban J connectivity index is 1.88. The normalized spacial score (nSPS) is 41.3. The number of hydrogen-bond acceptors (Lipinski definition) is 1. The van der Waals surface area contributed by atoms with Gasteiger partial charge in [0.2, 0.25) is 0 Å². The molecule has 4 unspecified atom stereocenters. The van der Waals surface area contributed by atoms with Gasteiger partial charge in [0.15, 0.2) is 0 Å². The third kappa shape index (κ3) is 2.05. The number of rotatable bonds is 1. The minimum absolute atomic E-state index is 0.755. The summed E-state index contributed by atoms with van der Waals surface area (Å²) in [5.74, 6) is 1.60. The zero-order chi connectivity index (χ0) is 11.7. The van der Waals surface area contributed by atoms with Crippen LogP contribution in [0.4, 0.5) is 0 Å². The summed E-state index contributed by atoms with van der Waals surface area (Å²) in [6, 6.07) is 1.51. The first-order chi connectivity index (χ1) is 8.40. The van der Waals surface area contributed by atoms with Crippen LogP contribution in [0.3, 0.4) is 0 Å². The quantitative estimate of drug-likeness (QED) is 0.614. The highest BCUT2D eigenvalue weighted by atomic mass is 15.2. The molecule has 0 aromatic carbocycles. The van der Waals surface area contributed by atoms with Crippen molar-refractivity contribution >= 4 is 0 Å². The monoisotopic (exact) mass is 231 g/mol. The van der Waals surface area contributed by atoms with E-state index in [4.69, 9.17) is 0 Å². The zero-order valence-corrected chi connectivity index (χ0v) is 10.9. The predicted octanol–water partition coefficient (Wildman–Crippen LogP) is 4.12. The van der Waals surface area contributed by atoms with Crippen LogP contribution in [0.5, 0.6) is 0 Å². The molecule has 2 aliphatic carbocycles. The zero-order valence-electron chi connectivity index (χ0n) is 10.9. The van der Waals surface area contributed by atoms with Crippen molar-refractivity contribution in [3.8, 4) is 0 Å². The second kappa shape index (κ2) is 4.88. The van der Waals surface area contributed by atoms with Crippen LogP contribution >= 0.6 is 0 Å². The Kier molecular flexibility index (Phi) is 3.26. The molecule has 0 bridgehead atoms. The third-order valence-electron chi connectivity index (χ3n) is 5.15. The standard InChI is InChI=1S/C16H25N/c1-2-17-15-9-5-3-7-13(15)11-12-14-8-4-6-10-16(14)17/h2,11-16H,1,3-10H2. The second-order valence-electron chi connectivity index (χ2n) is 6.05. The molecule has 2 saturated carbocycles. The van der Waals surface area contributed by atoms with Gasteiger partial charge in [-0.05, 0) is 43.7 Å². The van der Waals surface area contributed by atoms with Crippen LogP contribution in [0.25, 0.3) is 0 Å². The molecule has 0 radical (unpaired) electrons. The summed E-state index contributed by atoms with van der Waals surface area (Å²) in [7, 11) is 0. The van der Waals surface area contributed by atoms with Gasteiger partial charge < -0.3 is 4.90 Å². The first kappa shape index (κ1) is 11.4. The van der Waals surface area contributed by atoms with Gasteiger partial charge in [-0.1, -0.05) is 44.4 Å². The van der Waals surface area contributed by atoms with Crippen LogP contribution in [-0.2, 0) is 0 Å². The fraction of sp³-hybridized carbons (Fsp3) is 0.750. The van der Waals surface area contributed by atoms with E-state index in [0.717, 1.165) is 23.9 Å². The maximum Gasteiger partial charge on any atom is 0.0350 e. The minimum Gasteiger partial charge on any atom is -0.371 e. The second-order valence-corrected chi connectivity index (χ2v) is 6.05. The Labute approximate surface area is 106 Å². The topological polar surface area (TPSA) is 3.24 Å². The van der Waals surface area contributed by atoms with Crippen LogP contribution in [0.2, 0.25) is 0 Å². The summed E-state index contributed by atoms with van der Waals surface area (Å²) >= 11 is 0. The first-order valence-electron chi connectivity index (χ1n) is 7.48. The molecular weight excluding hydrogens is 206 g/mol. The van der Waals surface area contributed by atoms with Gasteiger partial charge in [-0.2, -0.15) is 0 Å². The van der Waals surface area contributed by atoms with Crippen molar-refractivity contribution < 1.29 is 0 Å². The van der Waals surface area contributed by atoms with Crippen molar-refractivity contribution in [3.63, 3.8) is 0 Å². The van der Waals surface area contributed by atoms with E-state index in [0.29, 0.717) is 0 Å². The van der Waals surface area contributed by atoms with Crippen LogP contribution in [0.1, 0.15) is 51.4 Å². The van der Waals surface area contributed by atoms with E-state index < -0.39 is 0 Å². The Bertz CT molecular complexity index is 281. The smallest absolute Gasteiger partial charge is 0.0350 e. The van der Waals surface area contributed by atoms with Crippen LogP contribution in [-0.4, -0.2) is 17.0 Å². The van der Waals surface area contributed by atoms with Crippen molar-refractivity contribution in [1.29, 1.82) is 0 Å². The summed E-state index contributed by atoms with van der Waals surface area (Å²) in [5, 5.41) is 0. The predicted molar refractivity (Wildman–Crippen MR) is 72.7 cm³/mol. The summed E-state index contributed by atoms with van der Waals surface area (Å²) in [6.07, 6.45) is 18.5. The van der Waals surface area contributed by atoms with E-state index in [1.807, 2.05) is 0 Å². The third-order valence-corrected chi connectivity index (χ3v) is 5.15. The Morgan fingerprint density at radius 3 is 1.76 bits per heavy atom. The molecule has 3 rings (SSSR count). The Hall–Kier alpha value is -0.720. The first-order valence-corrected chi connectivity index (χ1v) is 7.48. The average Bonchev–Trinajstić information content (AvgIpc) is 2.55. The molecule has 0 spiro atoms. The van der Waals surface area contributed by atoms with Gasteiger partial charge in [0, 0.05) is 12.1 Å². The van der Waals surface area contributed by atoms with Gasteiger partial charge >= 0.3 is 0 Å². The molecule has 0 amide bonds. The average molecular weight is 231 g/mol. The van der Waals surface area contributed by atoms with Gasteiger partial charge in [-0.3, -0.25) is 0 Å². The molecule has 17 heavy (non-hydrogen) atoms.